The number of carbonyl (C=O) groups is 1. The van der Waals surface area contributed by atoms with Crippen LogP contribution in [0.2, 0.25) is 0 Å². The van der Waals surface area contributed by atoms with Crippen LogP contribution in [0.15, 0.2) is 18.2 Å². The zero-order valence-corrected chi connectivity index (χ0v) is 13.4. The summed E-state index contributed by atoms with van der Waals surface area (Å²) < 4.78 is 2.20. The lowest BCUT2D eigenvalue weighted by Crippen LogP contribution is -2.04. The molecule has 2 aromatic rings. The van der Waals surface area contributed by atoms with Gasteiger partial charge in [0, 0.05) is 13.0 Å². The summed E-state index contributed by atoms with van der Waals surface area (Å²) in [4.78, 5) is 15.9. The van der Waals surface area contributed by atoms with E-state index in [1.807, 2.05) is 23.9 Å². The summed E-state index contributed by atoms with van der Waals surface area (Å²) in [6.07, 6.45) is 6.28. The third-order valence-corrected chi connectivity index (χ3v) is 4.24. The lowest BCUT2D eigenvalue weighted by Gasteiger charge is -2.08. The molecule has 114 valence electrons. The number of hydrogen-bond acceptors (Lipinski definition) is 3. The monoisotopic (exact) mass is 306 g/mol. The molecule has 4 nitrogen and oxygen atoms in total. The van der Waals surface area contributed by atoms with Crippen molar-refractivity contribution in [3.8, 4) is 0 Å². The van der Waals surface area contributed by atoms with E-state index in [1.165, 1.54) is 6.42 Å². The Kier molecular flexibility index (Phi) is 5.67. The second-order valence-corrected chi connectivity index (χ2v) is 6.09. The number of nitrogens with zero attached hydrogens (tertiary/aromatic N) is 2. The molecule has 0 spiro atoms. The highest BCUT2D eigenvalue weighted by atomic mass is 32.2. The average Bonchev–Trinajstić information content (AvgIpc) is 2.81. The van der Waals surface area contributed by atoms with Crippen LogP contribution in [-0.4, -0.2) is 32.6 Å². The fraction of sp³-hybridized carbons (Fsp3) is 0.500. The van der Waals surface area contributed by atoms with Gasteiger partial charge in [-0.15, -0.1) is 0 Å². The first-order valence-electron chi connectivity index (χ1n) is 7.39. The molecular formula is C16H22N2O2S. The number of benzene rings is 1. The van der Waals surface area contributed by atoms with Crippen molar-refractivity contribution >= 4 is 28.8 Å². The second-order valence-electron chi connectivity index (χ2n) is 5.11. The van der Waals surface area contributed by atoms with Crippen molar-refractivity contribution in [1.29, 1.82) is 0 Å². The van der Waals surface area contributed by atoms with E-state index in [0.29, 0.717) is 11.1 Å². The maximum atomic E-state index is 11.3. The van der Waals surface area contributed by atoms with Crippen molar-refractivity contribution < 1.29 is 9.90 Å². The summed E-state index contributed by atoms with van der Waals surface area (Å²) in [6, 6.07) is 5.41. The molecule has 21 heavy (non-hydrogen) atoms. The van der Waals surface area contributed by atoms with Gasteiger partial charge in [0.2, 0.25) is 0 Å². The Hall–Kier alpha value is -1.49. The minimum absolute atomic E-state index is 0.299. The summed E-state index contributed by atoms with van der Waals surface area (Å²) in [5, 5.41) is 9.31. The predicted molar refractivity (Wildman–Crippen MR) is 88.3 cm³/mol. The molecule has 0 unspecified atom stereocenters. The van der Waals surface area contributed by atoms with Crippen molar-refractivity contribution in [3.05, 3.63) is 29.6 Å². The van der Waals surface area contributed by atoms with Gasteiger partial charge >= 0.3 is 5.97 Å². The third kappa shape index (κ3) is 3.59. The molecule has 0 aliphatic rings. The number of para-hydroxylation sites is 1. The SMILES string of the molecule is CCCc1nc2c(C(=O)O)cccc2n1CCCCSC. The topological polar surface area (TPSA) is 55.1 Å². The van der Waals surface area contributed by atoms with E-state index in [-0.39, 0.29) is 0 Å². The Morgan fingerprint density at radius 1 is 1.38 bits per heavy atom. The number of rotatable bonds is 8. The van der Waals surface area contributed by atoms with E-state index < -0.39 is 5.97 Å². The molecule has 1 N–H and O–H groups in total. The molecule has 0 aliphatic carbocycles. The highest BCUT2D eigenvalue weighted by molar-refractivity contribution is 7.98. The number of fused-ring (bicyclic) bond motifs is 1. The molecule has 0 fully saturated rings. The van der Waals surface area contributed by atoms with Crippen LogP contribution in [0, 0.1) is 0 Å². The molecule has 1 aromatic carbocycles. The minimum atomic E-state index is -0.907. The van der Waals surface area contributed by atoms with E-state index in [0.717, 1.165) is 42.9 Å². The molecule has 0 amide bonds. The van der Waals surface area contributed by atoms with Crippen LogP contribution >= 0.6 is 11.8 Å². The number of hydrogen-bond donors (Lipinski definition) is 1. The normalized spacial score (nSPS) is 11.1. The number of aryl methyl sites for hydroxylation is 2. The molecular weight excluding hydrogens is 284 g/mol. The predicted octanol–water partition coefficient (Wildman–Crippen LogP) is 3.83. The molecule has 0 saturated heterocycles. The number of unbranched alkanes of at least 4 members (excludes halogenated alkanes) is 1. The van der Waals surface area contributed by atoms with Crippen molar-refractivity contribution in [2.24, 2.45) is 0 Å². The molecule has 1 heterocycles. The van der Waals surface area contributed by atoms with Gasteiger partial charge in [-0.05, 0) is 43.4 Å². The molecule has 0 radical (unpaired) electrons. The van der Waals surface area contributed by atoms with Crippen LogP contribution in [0.1, 0.15) is 42.4 Å². The maximum absolute atomic E-state index is 11.3. The minimum Gasteiger partial charge on any atom is -0.478 e. The summed E-state index contributed by atoms with van der Waals surface area (Å²) in [5.74, 6) is 1.26. The molecule has 1 aromatic heterocycles. The van der Waals surface area contributed by atoms with Crippen LogP contribution < -0.4 is 0 Å². The highest BCUT2D eigenvalue weighted by Gasteiger charge is 2.16. The number of aromatic carboxylic acids is 1. The first-order valence-corrected chi connectivity index (χ1v) is 8.78. The number of carboxylic acids is 1. The fourth-order valence-electron chi connectivity index (χ4n) is 2.55. The van der Waals surface area contributed by atoms with Gasteiger partial charge in [0.15, 0.2) is 0 Å². The summed E-state index contributed by atoms with van der Waals surface area (Å²) >= 11 is 1.86. The lowest BCUT2D eigenvalue weighted by molar-refractivity contribution is 0.0699. The third-order valence-electron chi connectivity index (χ3n) is 3.54. The Bertz CT molecular complexity index is 622. The molecule has 0 aliphatic heterocycles. The summed E-state index contributed by atoms with van der Waals surface area (Å²) in [7, 11) is 0. The van der Waals surface area contributed by atoms with Gasteiger partial charge in [0.05, 0.1) is 11.1 Å². The van der Waals surface area contributed by atoms with Crippen molar-refractivity contribution in [2.75, 3.05) is 12.0 Å². The standard InChI is InChI=1S/C16H22N2O2S/c1-3-7-14-17-15-12(16(19)20)8-6-9-13(15)18(14)10-4-5-11-21-2/h6,8-9H,3-5,7,10-11H2,1-2H3,(H,19,20). The Morgan fingerprint density at radius 2 is 2.19 bits per heavy atom. The number of imidazole rings is 1. The smallest absolute Gasteiger partial charge is 0.337 e. The van der Waals surface area contributed by atoms with Gasteiger partial charge in [0.1, 0.15) is 11.3 Å². The van der Waals surface area contributed by atoms with E-state index in [4.69, 9.17) is 0 Å². The van der Waals surface area contributed by atoms with Crippen LogP contribution in [0.4, 0.5) is 0 Å². The summed E-state index contributed by atoms with van der Waals surface area (Å²) in [5.41, 5.74) is 1.87. The van der Waals surface area contributed by atoms with Crippen molar-refractivity contribution in [2.45, 2.75) is 39.2 Å². The molecule has 5 heteroatoms. The fourth-order valence-corrected chi connectivity index (χ4v) is 3.04. The number of carboxylic acid groups (broad SMARTS) is 1. The van der Waals surface area contributed by atoms with Crippen LogP contribution in [-0.2, 0) is 13.0 Å². The van der Waals surface area contributed by atoms with Gasteiger partial charge in [0.25, 0.3) is 0 Å². The maximum Gasteiger partial charge on any atom is 0.337 e. The first-order chi connectivity index (χ1) is 10.2. The Labute approximate surface area is 129 Å². The lowest BCUT2D eigenvalue weighted by atomic mass is 10.2. The van der Waals surface area contributed by atoms with E-state index in [2.05, 4.69) is 22.7 Å². The van der Waals surface area contributed by atoms with Gasteiger partial charge in [-0.1, -0.05) is 13.0 Å². The molecule has 2 rings (SSSR count). The second kappa shape index (κ2) is 7.50. The van der Waals surface area contributed by atoms with Crippen molar-refractivity contribution in [3.63, 3.8) is 0 Å². The Morgan fingerprint density at radius 3 is 2.86 bits per heavy atom. The van der Waals surface area contributed by atoms with E-state index >= 15 is 0 Å². The average molecular weight is 306 g/mol. The highest BCUT2D eigenvalue weighted by Crippen LogP contribution is 2.22. The van der Waals surface area contributed by atoms with Crippen LogP contribution in [0.5, 0.6) is 0 Å². The van der Waals surface area contributed by atoms with Gasteiger partial charge < -0.3 is 9.67 Å². The molecule has 0 bridgehead atoms. The Balaban J connectivity index is 2.38. The quantitative estimate of drug-likeness (QED) is 0.753. The van der Waals surface area contributed by atoms with Crippen molar-refractivity contribution in [1.82, 2.24) is 9.55 Å². The molecule has 0 atom stereocenters. The van der Waals surface area contributed by atoms with E-state index in [9.17, 15) is 9.90 Å². The first kappa shape index (κ1) is 15.9. The largest absolute Gasteiger partial charge is 0.478 e. The van der Waals surface area contributed by atoms with Crippen LogP contribution in [0.3, 0.4) is 0 Å². The van der Waals surface area contributed by atoms with Gasteiger partial charge in [-0.3, -0.25) is 0 Å². The number of aromatic nitrogens is 2. The van der Waals surface area contributed by atoms with Crippen LogP contribution in [0.25, 0.3) is 11.0 Å². The van der Waals surface area contributed by atoms with Gasteiger partial charge in [-0.25, -0.2) is 9.78 Å². The van der Waals surface area contributed by atoms with E-state index in [1.54, 1.807) is 6.07 Å². The zero-order chi connectivity index (χ0) is 15.2. The number of thioether (sulfide) groups is 1. The molecule has 0 saturated carbocycles. The van der Waals surface area contributed by atoms with Gasteiger partial charge in [-0.2, -0.15) is 11.8 Å². The zero-order valence-electron chi connectivity index (χ0n) is 12.6. The summed E-state index contributed by atoms with van der Waals surface area (Å²) in [6.45, 7) is 3.03.